The molecule has 1 aliphatic carbocycles. The molecule has 2 heterocycles. The standard InChI is InChI=1S/C23H34N4O3/c1-17-6-2-5-9-21(17)30-15-12-24-22(28)16-26-13-10-18(11-14-26)27-20-8-4-3-7-19(20)25-23(27)29/h3-4,7-8,17-18,21H,2,5-6,9-16H2,1H3,(H,24,28)(H,25,29). The largest absolute Gasteiger partial charge is 0.376 e. The number of benzene rings is 1. The Morgan fingerprint density at radius 3 is 2.73 bits per heavy atom. The average molecular weight is 415 g/mol. The maximum absolute atomic E-state index is 12.4. The fourth-order valence-corrected chi connectivity index (χ4v) is 4.96. The van der Waals surface area contributed by atoms with Gasteiger partial charge in [-0.25, -0.2) is 4.79 Å². The first-order valence-corrected chi connectivity index (χ1v) is 11.4. The summed E-state index contributed by atoms with van der Waals surface area (Å²) in [6.07, 6.45) is 7.05. The SMILES string of the molecule is CC1CCCCC1OCCNC(=O)CN1CCC(n2c(=O)[nH]c3ccccc32)CC1. The zero-order valence-electron chi connectivity index (χ0n) is 17.9. The Balaban J connectivity index is 1.19. The molecule has 164 valence electrons. The highest BCUT2D eigenvalue weighted by Crippen LogP contribution is 2.26. The molecule has 2 unspecified atom stereocenters. The molecule has 2 fully saturated rings. The molecule has 1 aromatic carbocycles. The molecule has 0 spiro atoms. The number of aromatic nitrogens is 2. The molecule has 1 aromatic heterocycles. The van der Waals surface area contributed by atoms with Gasteiger partial charge in [0.2, 0.25) is 5.91 Å². The molecule has 1 amide bonds. The Morgan fingerprint density at radius 1 is 1.17 bits per heavy atom. The van der Waals surface area contributed by atoms with Gasteiger partial charge in [0.15, 0.2) is 0 Å². The highest BCUT2D eigenvalue weighted by atomic mass is 16.5. The van der Waals surface area contributed by atoms with E-state index in [2.05, 4.69) is 22.1 Å². The third-order valence-corrected chi connectivity index (χ3v) is 6.70. The second kappa shape index (κ2) is 9.79. The number of carbonyl (C=O) groups excluding carboxylic acids is 1. The monoisotopic (exact) mass is 414 g/mol. The molecule has 30 heavy (non-hydrogen) atoms. The highest BCUT2D eigenvalue weighted by molar-refractivity contribution is 5.78. The lowest BCUT2D eigenvalue weighted by atomic mass is 9.88. The molecule has 0 radical (unpaired) electrons. The summed E-state index contributed by atoms with van der Waals surface area (Å²) in [4.78, 5) is 29.8. The van der Waals surface area contributed by atoms with Crippen molar-refractivity contribution in [2.24, 2.45) is 5.92 Å². The van der Waals surface area contributed by atoms with Crippen molar-refractivity contribution in [3.63, 3.8) is 0 Å². The van der Waals surface area contributed by atoms with Gasteiger partial charge in [-0.15, -0.1) is 0 Å². The second-order valence-electron chi connectivity index (χ2n) is 8.85. The zero-order valence-corrected chi connectivity index (χ0v) is 17.9. The van der Waals surface area contributed by atoms with Crippen LogP contribution in [0.5, 0.6) is 0 Å². The average Bonchev–Trinajstić information content (AvgIpc) is 3.09. The van der Waals surface area contributed by atoms with Crippen molar-refractivity contribution in [1.29, 1.82) is 0 Å². The van der Waals surface area contributed by atoms with Gasteiger partial charge < -0.3 is 15.0 Å². The van der Waals surface area contributed by atoms with E-state index in [-0.39, 0.29) is 17.6 Å². The van der Waals surface area contributed by atoms with E-state index >= 15 is 0 Å². The number of rotatable bonds is 7. The number of hydrogen-bond acceptors (Lipinski definition) is 4. The summed E-state index contributed by atoms with van der Waals surface area (Å²) in [6.45, 7) is 5.47. The lowest BCUT2D eigenvalue weighted by Gasteiger charge is -2.32. The summed E-state index contributed by atoms with van der Waals surface area (Å²) in [5.41, 5.74) is 1.81. The van der Waals surface area contributed by atoms with Crippen molar-refractivity contribution in [3.8, 4) is 0 Å². The minimum atomic E-state index is -0.0420. The quantitative estimate of drug-likeness (QED) is 0.683. The van der Waals surface area contributed by atoms with Gasteiger partial charge >= 0.3 is 5.69 Å². The third kappa shape index (κ3) is 4.95. The van der Waals surface area contributed by atoms with Crippen molar-refractivity contribution in [2.45, 2.75) is 57.6 Å². The molecule has 0 bridgehead atoms. The molecule has 2 aliphatic rings. The Hall–Kier alpha value is -2.12. The normalized spacial score (nSPS) is 23.6. The summed E-state index contributed by atoms with van der Waals surface area (Å²) < 4.78 is 7.86. The van der Waals surface area contributed by atoms with Crippen molar-refractivity contribution in [3.05, 3.63) is 34.7 Å². The van der Waals surface area contributed by atoms with Crippen LogP contribution in [0.4, 0.5) is 0 Å². The van der Waals surface area contributed by atoms with E-state index in [0.29, 0.717) is 31.7 Å². The predicted molar refractivity (Wildman–Crippen MR) is 118 cm³/mol. The maximum Gasteiger partial charge on any atom is 0.326 e. The minimum absolute atomic E-state index is 0.0420. The predicted octanol–water partition coefficient (Wildman–Crippen LogP) is 2.68. The van der Waals surface area contributed by atoms with E-state index in [1.54, 1.807) is 0 Å². The van der Waals surface area contributed by atoms with Crippen LogP contribution in [-0.4, -0.2) is 59.2 Å². The van der Waals surface area contributed by atoms with Gasteiger partial charge in [-0.1, -0.05) is 31.9 Å². The van der Waals surface area contributed by atoms with Crippen LogP contribution in [0.1, 0.15) is 51.5 Å². The molecular weight excluding hydrogens is 380 g/mol. The molecule has 2 N–H and O–H groups in total. The summed E-state index contributed by atoms with van der Waals surface area (Å²) in [7, 11) is 0. The number of imidazole rings is 1. The summed E-state index contributed by atoms with van der Waals surface area (Å²) in [5, 5.41) is 2.99. The second-order valence-corrected chi connectivity index (χ2v) is 8.85. The van der Waals surface area contributed by atoms with Gasteiger partial charge in [0.25, 0.3) is 0 Å². The molecule has 2 atom stereocenters. The molecule has 1 saturated carbocycles. The van der Waals surface area contributed by atoms with Gasteiger partial charge in [0, 0.05) is 25.7 Å². The smallest absolute Gasteiger partial charge is 0.326 e. The topological polar surface area (TPSA) is 79.4 Å². The zero-order chi connectivity index (χ0) is 20.9. The number of carbonyl (C=O) groups is 1. The first kappa shape index (κ1) is 21.1. The Bertz CT molecular complexity index is 897. The van der Waals surface area contributed by atoms with Crippen molar-refractivity contribution in [2.75, 3.05) is 32.8 Å². The number of hydrogen-bond donors (Lipinski definition) is 2. The third-order valence-electron chi connectivity index (χ3n) is 6.70. The van der Waals surface area contributed by atoms with Crippen LogP contribution in [0.15, 0.2) is 29.1 Å². The highest BCUT2D eigenvalue weighted by Gasteiger charge is 2.25. The van der Waals surface area contributed by atoms with Crippen molar-refractivity contribution < 1.29 is 9.53 Å². The summed E-state index contributed by atoms with van der Waals surface area (Å²) >= 11 is 0. The van der Waals surface area contributed by atoms with Gasteiger partial charge in [0.1, 0.15) is 0 Å². The van der Waals surface area contributed by atoms with E-state index in [4.69, 9.17) is 4.74 Å². The Morgan fingerprint density at radius 2 is 1.93 bits per heavy atom. The maximum atomic E-state index is 12.4. The Labute approximate surface area is 177 Å². The first-order valence-electron chi connectivity index (χ1n) is 11.4. The number of para-hydroxylation sites is 2. The molecule has 2 aromatic rings. The van der Waals surface area contributed by atoms with E-state index in [9.17, 15) is 9.59 Å². The number of amides is 1. The van der Waals surface area contributed by atoms with Crippen LogP contribution in [0.3, 0.4) is 0 Å². The number of piperidine rings is 1. The van der Waals surface area contributed by atoms with E-state index in [0.717, 1.165) is 43.4 Å². The molecule has 1 saturated heterocycles. The van der Waals surface area contributed by atoms with Crippen LogP contribution >= 0.6 is 0 Å². The summed E-state index contributed by atoms with van der Waals surface area (Å²) in [5.74, 6) is 0.679. The number of aromatic amines is 1. The van der Waals surface area contributed by atoms with Crippen LogP contribution in [0, 0.1) is 5.92 Å². The lowest BCUT2D eigenvalue weighted by Crippen LogP contribution is -2.43. The van der Waals surface area contributed by atoms with Crippen molar-refractivity contribution >= 4 is 16.9 Å². The van der Waals surface area contributed by atoms with E-state index in [1.807, 2.05) is 28.8 Å². The van der Waals surface area contributed by atoms with E-state index in [1.165, 1.54) is 19.3 Å². The van der Waals surface area contributed by atoms with E-state index < -0.39 is 0 Å². The number of ether oxygens (including phenoxy) is 1. The number of nitrogens with zero attached hydrogens (tertiary/aromatic N) is 2. The van der Waals surface area contributed by atoms with Crippen molar-refractivity contribution in [1.82, 2.24) is 19.8 Å². The van der Waals surface area contributed by atoms with Gasteiger partial charge in [-0.3, -0.25) is 14.3 Å². The molecule has 7 heteroatoms. The lowest BCUT2D eigenvalue weighted by molar-refractivity contribution is -0.123. The fourth-order valence-electron chi connectivity index (χ4n) is 4.96. The number of nitrogens with one attached hydrogen (secondary N) is 2. The first-order chi connectivity index (χ1) is 14.6. The molecule has 4 rings (SSSR count). The van der Waals surface area contributed by atoms with Crippen LogP contribution in [0.25, 0.3) is 11.0 Å². The minimum Gasteiger partial charge on any atom is -0.376 e. The van der Waals surface area contributed by atoms with Gasteiger partial charge in [0.05, 0.1) is 30.3 Å². The number of H-pyrrole nitrogens is 1. The number of likely N-dealkylation sites (tertiary alicyclic amines) is 1. The van der Waals surface area contributed by atoms with Gasteiger partial charge in [-0.2, -0.15) is 0 Å². The Kier molecular flexibility index (Phi) is 6.89. The molecule has 1 aliphatic heterocycles. The van der Waals surface area contributed by atoms with Gasteiger partial charge in [-0.05, 0) is 43.7 Å². The van der Waals surface area contributed by atoms with Crippen LogP contribution < -0.4 is 11.0 Å². The van der Waals surface area contributed by atoms with Crippen LogP contribution in [-0.2, 0) is 9.53 Å². The van der Waals surface area contributed by atoms with Crippen LogP contribution in [0.2, 0.25) is 0 Å². The molecular formula is C23H34N4O3. The fraction of sp³-hybridized carbons (Fsp3) is 0.652. The molecule has 7 nitrogen and oxygen atoms in total. The summed E-state index contributed by atoms with van der Waals surface area (Å²) in [6, 6.07) is 8.00. The number of fused-ring (bicyclic) bond motifs is 1.